The first kappa shape index (κ1) is 26.2. The summed E-state index contributed by atoms with van der Waals surface area (Å²) in [6.45, 7) is 5.85. The first-order chi connectivity index (χ1) is 15.2. The minimum absolute atomic E-state index is 0. The third-order valence-electron chi connectivity index (χ3n) is 7.11. The highest BCUT2D eigenvalue weighted by Crippen LogP contribution is 2.36. The van der Waals surface area contributed by atoms with E-state index in [1.54, 1.807) is 0 Å². The molecule has 3 atom stereocenters. The summed E-state index contributed by atoms with van der Waals surface area (Å²) in [5, 5.41) is 5.92. The molecule has 182 valence electrons. The average molecular weight is 577 g/mol. The highest BCUT2D eigenvalue weighted by Gasteiger charge is 2.32. The van der Waals surface area contributed by atoms with E-state index in [0.29, 0.717) is 24.2 Å². The molecule has 0 bridgehead atoms. The zero-order valence-electron chi connectivity index (χ0n) is 19.7. The van der Waals surface area contributed by atoms with Crippen molar-refractivity contribution >= 4 is 41.3 Å². The largest absolute Gasteiger partial charge is 0.376 e. The van der Waals surface area contributed by atoms with Crippen molar-refractivity contribution in [3.05, 3.63) is 22.4 Å². The van der Waals surface area contributed by atoms with Gasteiger partial charge in [0.05, 0.1) is 18.8 Å². The summed E-state index contributed by atoms with van der Waals surface area (Å²) in [6, 6.07) is 4.99. The molecule has 8 heteroatoms. The molecule has 1 N–H and O–H groups in total. The van der Waals surface area contributed by atoms with Crippen LogP contribution in [0.25, 0.3) is 0 Å². The first-order valence-electron chi connectivity index (χ1n) is 12.2. The van der Waals surface area contributed by atoms with Gasteiger partial charge in [0.1, 0.15) is 0 Å². The minimum Gasteiger partial charge on any atom is -0.376 e. The number of likely N-dealkylation sites (tertiary alicyclic amines) is 2. The molecular weight excluding hydrogens is 535 g/mol. The molecule has 0 saturated carbocycles. The van der Waals surface area contributed by atoms with E-state index in [2.05, 4.69) is 44.7 Å². The molecule has 3 fully saturated rings. The Morgan fingerprint density at radius 3 is 2.72 bits per heavy atom. The second-order valence-electron chi connectivity index (χ2n) is 9.28. The summed E-state index contributed by atoms with van der Waals surface area (Å²) in [6.07, 6.45) is 8.98. The van der Waals surface area contributed by atoms with Crippen LogP contribution in [0, 0.1) is 5.92 Å². The maximum Gasteiger partial charge on any atom is 0.193 e. The zero-order chi connectivity index (χ0) is 21.5. The number of hydrogen-bond donors (Lipinski definition) is 1. The van der Waals surface area contributed by atoms with Gasteiger partial charge in [-0.2, -0.15) is 0 Å². The summed E-state index contributed by atoms with van der Waals surface area (Å²) in [7, 11) is 4.18. The highest BCUT2D eigenvalue weighted by molar-refractivity contribution is 14.0. The summed E-state index contributed by atoms with van der Waals surface area (Å²) in [4.78, 5) is 11.0. The predicted molar refractivity (Wildman–Crippen MR) is 143 cm³/mol. The van der Waals surface area contributed by atoms with Crippen molar-refractivity contribution in [3.63, 3.8) is 0 Å². The second kappa shape index (κ2) is 13.5. The number of thiophene rings is 1. The maximum absolute atomic E-state index is 6.19. The first-order valence-corrected chi connectivity index (χ1v) is 13.0. The SMILES string of the molecule is CN=C(NCC1CCCN(C)C1c1cccs1)N1CCC(OCC2CCCCO2)CC1.I. The van der Waals surface area contributed by atoms with Gasteiger partial charge in [-0.3, -0.25) is 9.89 Å². The number of rotatable bonds is 6. The van der Waals surface area contributed by atoms with E-state index in [4.69, 9.17) is 9.47 Å². The lowest BCUT2D eigenvalue weighted by atomic mass is 9.88. The van der Waals surface area contributed by atoms with Gasteiger partial charge in [0.25, 0.3) is 0 Å². The molecule has 0 spiro atoms. The number of nitrogens with one attached hydrogen (secondary N) is 1. The number of ether oxygens (including phenoxy) is 2. The van der Waals surface area contributed by atoms with E-state index in [9.17, 15) is 0 Å². The minimum atomic E-state index is 0. The summed E-state index contributed by atoms with van der Waals surface area (Å²) in [5.41, 5.74) is 0. The van der Waals surface area contributed by atoms with Gasteiger partial charge in [-0.1, -0.05) is 6.07 Å². The smallest absolute Gasteiger partial charge is 0.193 e. The third-order valence-corrected chi connectivity index (χ3v) is 8.05. The van der Waals surface area contributed by atoms with Crippen LogP contribution in [-0.2, 0) is 9.47 Å². The van der Waals surface area contributed by atoms with Crippen molar-refractivity contribution in [2.45, 2.75) is 63.2 Å². The second-order valence-corrected chi connectivity index (χ2v) is 10.3. The number of hydrogen-bond acceptors (Lipinski definition) is 5. The third kappa shape index (κ3) is 7.04. The monoisotopic (exact) mass is 576 g/mol. The van der Waals surface area contributed by atoms with Crippen LogP contribution in [-0.4, -0.2) is 81.5 Å². The number of piperidine rings is 2. The molecule has 3 aliphatic heterocycles. The average Bonchev–Trinajstić information content (AvgIpc) is 3.34. The van der Waals surface area contributed by atoms with Crippen LogP contribution >= 0.6 is 35.3 Å². The van der Waals surface area contributed by atoms with Crippen molar-refractivity contribution in [1.82, 2.24) is 15.1 Å². The van der Waals surface area contributed by atoms with E-state index in [-0.39, 0.29) is 24.0 Å². The lowest BCUT2D eigenvalue weighted by Gasteiger charge is -2.40. The van der Waals surface area contributed by atoms with Gasteiger partial charge in [0.2, 0.25) is 0 Å². The van der Waals surface area contributed by atoms with E-state index in [1.165, 1.54) is 37.1 Å². The van der Waals surface area contributed by atoms with Crippen LogP contribution in [0.15, 0.2) is 22.5 Å². The predicted octanol–water partition coefficient (Wildman–Crippen LogP) is 4.37. The van der Waals surface area contributed by atoms with Crippen LogP contribution in [0.4, 0.5) is 0 Å². The lowest BCUT2D eigenvalue weighted by Crippen LogP contribution is -2.49. The summed E-state index contributed by atoms with van der Waals surface area (Å²) in [5.74, 6) is 1.66. The lowest BCUT2D eigenvalue weighted by molar-refractivity contribution is -0.0721. The maximum atomic E-state index is 6.19. The van der Waals surface area contributed by atoms with E-state index < -0.39 is 0 Å². The normalized spacial score (nSPS) is 28.4. The van der Waals surface area contributed by atoms with Gasteiger partial charge in [-0.15, -0.1) is 35.3 Å². The summed E-state index contributed by atoms with van der Waals surface area (Å²) < 4.78 is 12.0. The molecular formula is C24H41IN4O2S. The molecule has 32 heavy (non-hydrogen) atoms. The topological polar surface area (TPSA) is 49.3 Å². The molecule has 3 aliphatic rings. The Morgan fingerprint density at radius 1 is 1.19 bits per heavy atom. The molecule has 6 nitrogen and oxygen atoms in total. The molecule has 0 radical (unpaired) electrons. The molecule has 3 saturated heterocycles. The van der Waals surface area contributed by atoms with Crippen LogP contribution in [0.3, 0.4) is 0 Å². The van der Waals surface area contributed by atoms with Crippen molar-refractivity contribution in [2.75, 3.05) is 53.5 Å². The number of nitrogens with zero attached hydrogens (tertiary/aromatic N) is 3. The zero-order valence-corrected chi connectivity index (χ0v) is 22.9. The van der Waals surface area contributed by atoms with Crippen molar-refractivity contribution in [2.24, 2.45) is 10.9 Å². The molecule has 4 rings (SSSR count). The van der Waals surface area contributed by atoms with E-state index in [0.717, 1.165) is 58.1 Å². The Hall–Kier alpha value is -0.420. The van der Waals surface area contributed by atoms with Gasteiger partial charge in [0.15, 0.2) is 5.96 Å². The molecule has 0 amide bonds. The van der Waals surface area contributed by atoms with Crippen LogP contribution in [0.1, 0.15) is 55.9 Å². The highest BCUT2D eigenvalue weighted by atomic mass is 127. The fourth-order valence-corrected chi connectivity index (χ4v) is 6.34. The van der Waals surface area contributed by atoms with Gasteiger partial charge in [-0.25, -0.2) is 0 Å². The molecule has 4 heterocycles. The Bertz CT molecular complexity index is 676. The van der Waals surface area contributed by atoms with Gasteiger partial charge >= 0.3 is 0 Å². The fraction of sp³-hybridized carbons (Fsp3) is 0.792. The molecule has 0 aromatic carbocycles. The number of halogens is 1. The van der Waals surface area contributed by atoms with Crippen molar-refractivity contribution < 1.29 is 9.47 Å². The molecule has 1 aromatic heterocycles. The fourth-order valence-electron chi connectivity index (χ4n) is 5.35. The summed E-state index contributed by atoms with van der Waals surface area (Å²) >= 11 is 1.89. The van der Waals surface area contributed by atoms with Crippen LogP contribution in [0.2, 0.25) is 0 Å². The van der Waals surface area contributed by atoms with Crippen molar-refractivity contribution in [3.8, 4) is 0 Å². The van der Waals surface area contributed by atoms with E-state index in [1.807, 2.05) is 18.4 Å². The van der Waals surface area contributed by atoms with Crippen LogP contribution in [0.5, 0.6) is 0 Å². The Balaban J connectivity index is 0.00000289. The Morgan fingerprint density at radius 2 is 2.03 bits per heavy atom. The van der Waals surface area contributed by atoms with Crippen molar-refractivity contribution in [1.29, 1.82) is 0 Å². The quantitative estimate of drug-likeness (QED) is 0.310. The Kier molecular flexibility index (Phi) is 11.0. The molecule has 0 aliphatic carbocycles. The molecule has 3 unspecified atom stereocenters. The van der Waals surface area contributed by atoms with Gasteiger partial charge in [-0.05, 0) is 75.9 Å². The van der Waals surface area contributed by atoms with Gasteiger partial charge in [0, 0.05) is 44.2 Å². The Labute approximate surface area is 215 Å². The number of aliphatic imine (C=N–C) groups is 1. The number of guanidine groups is 1. The standard InChI is InChI=1S/C24H40N4O2S.HI/c1-25-24(26-17-19-7-5-12-27(2)23(19)22-9-6-16-31-22)28-13-10-20(11-14-28)30-18-21-8-3-4-15-29-21;/h6,9,16,19-21,23H,3-5,7-8,10-15,17-18H2,1-2H3,(H,25,26);1H. The van der Waals surface area contributed by atoms with Gasteiger partial charge < -0.3 is 19.7 Å². The van der Waals surface area contributed by atoms with Crippen LogP contribution < -0.4 is 5.32 Å². The van der Waals surface area contributed by atoms with E-state index >= 15 is 0 Å². The molecule has 1 aromatic rings.